The van der Waals surface area contributed by atoms with Gasteiger partial charge in [0.15, 0.2) is 11.7 Å². The van der Waals surface area contributed by atoms with Gasteiger partial charge in [-0.25, -0.2) is 0 Å². The van der Waals surface area contributed by atoms with E-state index in [4.69, 9.17) is 20.8 Å². The normalized spacial score (nSPS) is 12.6. The van der Waals surface area contributed by atoms with Crippen LogP contribution in [0.2, 0.25) is 5.02 Å². The van der Waals surface area contributed by atoms with Crippen LogP contribution in [0.25, 0.3) is 11.0 Å². The van der Waals surface area contributed by atoms with Crippen molar-refractivity contribution in [3.8, 4) is 5.88 Å². The molecule has 102 valence electrons. The average molecular weight is 291 g/mol. The van der Waals surface area contributed by atoms with Gasteiger partial charge in [-0.3, -0.25) is 0 Å². The zero-order chi connectivity index (χ0) is 14.1. The standard InChI is InChI=1S/C14H11ClN2O3/c1-19-12-6-5-10(16-17-12)13(18)11-7-8-3-2-4-9(15)14(8)20-11/h2-7,13,18H,1H3. The highest BCUT2D eigenvalue weighted by Gasteiger charge is 2.18. The summed E-state index contributed by atoms with van der Waals surface area (Å²) in [6.45, 7) is 0. The number of hydrogen-bond acceptors (Lipinski definition) is 5. The van der Waals surface area contributed by atoms with E-state index >= 15 is 0 Å². The number of benzene rings is 1. The molecule has 2 aromatic heterocycles. The molecule has 0 fully saturated rings. The van der Waals surface area contributed by atoms with Crippen LogP contribution in [0.15, 0.2) is 40.8 Å². The minimum atomic E-state index is -1.00. The molecule has 0 aliphatic carbocycles. The van der Waals surface area contributed by atoms with Gasteiger partial charge in [-0.2, -0.15) is 0 Å². The molecule has 0 amide bonds. The largest absolute Gasteiger partial charge is 0.480 e. The van der Waals surface area contributed by atoms with Crippen LogP contribution in [0.4, 0.5) is 0 Å². The summed E-state index contributed by atoms with van der Waals surface area (Å²) in [5.74, 6) is 0.751. The van der Waals surface area contributed by atoms with E-state index in [-0.39, 0.29) is 0 Å². The Morgan fingerprint density at radius 3 is 2.75 bits per heavy atom. The lowest BCUT2D eigenvalue weighted by molar-refractivity contribution is 0.186. The molecule has 1 N–H and O–H groups in total. The summed E-state index contributed by atoms with van der Waals surface area (Å²) < 4.78 is 10.5. The van der Waals surface area contributed by atoms with E-state index in [2.05, 4.69) is 10.2 Å². The second-order valence-electron chi connectivity index (χ2n) is 4.21. The first kappa shape index (κ1) is 12.9. The van der Waals surface area contributed by atoms with E-state index in [0.29, 0.717) is 27.9 Å². The van der Waals surface area contributed by atoms with Crippen molar-refractivity contribution in [2.75, 3.05) is 7.11 Å². The van der Waals surface area contributed by atoms with Gasteiger partial charge >= 0.3 is 0 Å². The van der Waals surface area contributed by atoms with Crippen LogP contribution < -0.4 is 4.74 Å². The molecule has 1 aromatic carbocycles. The number of nitrogens with zero attached hydrogens (tertiary/aromatic N) is 2. The number of methoxy groups -OCH3 is 1. The minimum absolute atomic E-state index is 0.368. The molecule has 0 radical (unpaired) electrons. The van der Waals surface area contributed by atoms with E-state index in [9.17, 15) is 5.11 Å². The van der Waals surface area contributed by atoms with Crippen LogP contribution in [0.5, 0.6) is 5.88 Å². The molecule has 3 rings (SSSR count). The number of rotatable bonds is 3. The molecule has 0 bridgehead atoms. The Morgan fingerprint density at radius 1 is 1.25 bits per heavy atom. The number of fused-ring (bicyclic) bond motifs is 1. The first-order valence-electron chi connectivity index (χ1n) is 5.92. The van der Waals surface area contributed by atoms with Gasteiger partial charge < -0.3 is 14.3 Å². The molecular weight excluding hydrogens is 280 g/mol. The Bertz CT molecular complexity index is 740. The number of halogens is 1. The Kier molecular flexibility index (Phi) is 3.30. The third kappa shape index (κ3) is 2.21. The quantitative estimate of drug-likeness (QED) is 0.803. The summed E-state index contributed by atoms with van der Waals surface area (Å²) in [5.41, 5.74) is 0.922. The van der Waals surface area contributed by atoms with Crippen LogP contribution in [0, 0.1) is 0 Å². The maximum absolute atomic E-state index is 10.3. The first-order valence-corrected chi connectivity index (χ1v) is 6.30. The molecule has 1 atom stereocenters. The summed E-state index contributed by atoms with van der Waals surface area (Å²) in [4.78, 5) is 0. The van der Waals surface area contributed by atoms with E-state index < -0.39 is 6.10 Å². The minimum Gasteiger partial charge on any atom is -0.480 e. The molecular formula is C14H11ClN2O3. The molecule has 0 aliphatic heterocycles. The molecule has 0 aliphatic rings. The fourth-order valence-corrected chi connectivity index (χ4v) is 2.13. The fourth-order valence-electron chi connectivity index (χ4n) is 1.91. The van der Waals surface area contributed by atoms with Crippen LogP contribution >= 0.6 is 11.6 Å². The third-order valence-corrected chi connectivity index (χ3v) is 3.23. The number of aromatic nitrogens is 2. The molecule has 3 aromatic rings. The van der Waals surface area contributed by atoms with Crippen LogP contribution in [0.1, 0.15) is 17.6 Å². The van der Waals surface area contributed by atoms with Gasteiger partial charge in [0.25, 0.3) is 0 Å². The summed E-state index contributed by atoms with van der Waals surface area (Å²) in [5, 5.41) is 19.3. The van der Waals surface area contributed by atoms with Gasteiger partial charge in [0.05, 0.1) is 17.8 Å². The summed E-state index contributed by atoms with van der Waals surface area (Å²) in [6, 6.07) is 10.4. The Balaban J connectivity index is 1.98. The number of ether oxygens (including phenoxy) is 1. The maximum Gasteiger partial charge on any atom is 0.233 e. The fraction of sp³-hybridized carbons (Fsp3) is 0.143. The smallest absolute Gasteiger partial charge is 0.233 e. The summed E-state index contributed by atoms with van der Waals surface area (Å²) >= 11 is 6.04. The molecule has 2 heterocycles. The summed E-state index contributed by atoms with van der Waals surface area (Å²) in [7, 11) is 1.50. The highest BCUT2D eigenvalue weighted by molar-refractivity contribution is 6.34. The van der Waals surface area contributed by atoms with E-state index in [1.807, 2.05) is 12.1 Å². The van der Waals surface area contributed by atoms with Crippen molar-refractivity contribution in [2.24, 2.45) is 0 Å². The lowest BCUT2D eigenvalue weighted by atomic mass is 10.2. The van der Waals surface area contributed by atoms with Crippen LogP contribution in [0.3, 0.4) is 0 Å². The zero-order valence-corrected chi connectivity index (χ0v) is 11.3. The second-order valence-corrected chi connectivity index (χ2v) is 4.62. The zero-order valence-electron chi connectivity index (χ0n) is 10.6. The summed E-state index contributed by atoms with van der Waals surface area (Å²) in [6.07, 6.45) is -1.00. The topological polar surface area (TPSA) is 68.4 Å². The van der Waals surface area contributed by atoms with Crippen molar-refractivity contribution >= 4 is 22.6 Å². The number of hydrogen-bond donors (Lipinski definition) is 1. The van der Waals surface area contributed by atoms with Gasteiger partial charge in [0.2, 0.25) is 5.88 Å². The predicted molar refractivity (Wildman–Crippen MR) is 73.9 cm³/mol. The SMILES string of the molecule is COc1ccc(C(O)c2cc3cccc(Cl)c3o2)nn1. The Labute approximate surface area is 119 Å². The highest BCUT2D eigenvalue weighted by Crippen LogP contribution is 2.31. The van der Waals surface area contributed by atoms with Crippen molar-refractivity contribution in [1.29, 1.82) is 0 Å². The third-order valence-electron chi connectivity index (χ3n) is 2.93. The molecule has 0 saturated carbocycles. The van der Waals surface area contributed by atoms with E-state index in [1.165, 1.54) is 7.11 Å². The Hall–Kier alpha value is -2.11. The number of furan rings is 1. The van der Waals surface area contributed by atoms with Gasteiger partial charge in [-0.05, 0) is 18.2 Å². The van der Waals surface area contributed by atoms with Gasteiger partial charge in [0, 0.05) is 11.5 Å². The van der Waals surface area contributed by atoms with Crippen LogP contribution in [-0.2, 0) is 0 Å². The maximum atomic E-state index is 10.3. The molecule has 0 saturated heterocycles. The van der Waals surface area contributed by atoms with Gasteiger partial charge in [-0.1, -0.05) is 23.7 Å². The number of aliphatic hydroxyl groups is 1. The van der Waals surface area contributed by atoms with E-state index in [1.54, 1.807) is 24.3 Å². The molecule has 1 unspecified atom stereocenters. The number of para-hydroxylation sites is 1. The monoisotopic (exact) mass is 290 g/mol. The Morgan fingerprint density at radius 2 is 2.10 bits per heavy atom. The second kappa shape index (κ2) is 5.11. The van der Waals surface area contributed by atoms with Crippen molar-refractivity contribution in [3.05, 3.63) is 52.9 Å². The predicted octanol–water partition coefficient (Wildman–Crippen LogP) is 2.97. The molecule has 5 nitrogen and oxygen atoms in total. The molecule has 0 spiro atoms. The van der Waals surface area contributed by atoms with Gasteiger partial charge in [-0.15, -0.1) is 10.2 Å². The van der Waals surface area contributed by atoms with E-state index in [0.717, 1.165) is 5.39 Å². The van der Waals surface area contributed by atoms with Crippen molar-refractivity contribution in [2.45, 2.75) is 6.10 Å². The van der Waals surface area contributed by atoms with Gasteiger partial charge in [0.1, 0.15) is 5.76 Å². The van der Waals surface area contributed by atoms with Crippen molar-refractivity contribution in [1.82, 2.24) is 10.2 Å². The lowest BCUT2D eigenvalue weighted by Crippen LogP contribution is -2.03. The first-order chi connectivity index (χ1) is 9.69. The average Bonchev–Trinajstić information content (AvgIpc) is 2.92. The lowest BCUT2D eigenvalue weighted by Gasteiger charge is -2.06. The highest BCUT2D eigenvalue weighted by atomic mass is 35.5. The van der Waals surface area contributed by atoms with Crippen LogP contribution in [-0.4, -0.2) is 22.4 Å². The van der Waals surface area contributed by atoms with Crippen molar-refractivity contribution < 1.29 is 14.3 Å². The molecule has 20 heavy (non-hydrogen) atoms. The van der Waals surface area contributed by atoms with Crippen molar-refractivity contribution in [3.63, 3.8) is 0 Å². The number of aliphatic hydroxyl groups excluding tert-OH is 1. The molecule has 6 heteroatoms.